The van der Waals surface area contributed by atoms with Gasteiger partial charge >= 0.3 is 0 Å². The van der Waals surface area contributed by atoms with Crippen molar-refractivity contribution in [2.75, 3.05) is 13.2 Å². The van der Waals surface area contributed by atoms with Crippen LogP contribution in [0.25, 0.3) is 0 Å². The monoisotopic (exact) mass is 274 g/mol. The number of rotatable bonds is 4. The molecule has 0 saturated carbocycles. The van der Waals surface area contributed by atoms with Crippen LogP contribution in [0.15, 0.2) is 24.5 Å². The molecule has 2 heterocycles. The summed E-state index contributed by atoms with van der Waals surface area (Å²) in [4.78, 5) is 0. The van der Waals surface area contributed by atoms with Crippen LogP contribution >= 0.6 is 0 Å². The highest BCUT2D eigenvalue weighted by atomic mass is 16.6. The smallest absolute Gasteiger partial charge is 0.161 e. The zero-order valence-electron chi connectivity index (χ0n) is 11.7. The van der Waals surface area contributed by atoms with E-state index in [2.05, 4.69) is 22.4 Å². The van der Waals surface area contributed by atoms with E-state index in [9.17, 15) is 0 Å². The van der Waals surface area contributed by atoms with Crippen LogP contribution < -0.4 is 14.8 Å². The highest BCUT2D eigenvalue weighted by molar-refractivity contribution is 5.43. The molecule has 0 amide bonds. The molecule has 1 aliphatic rings. The van der Waals surface area contributed by atoms with E-state index in [-0.39, 0.29) is 6.04 Å². The number of fused-ring (bicyclic) bond motifs is 1. The molecule has 0 spiro atoms. The number of nitrogens with zero attached hydrogens (tertiary/aromatic N) is 3. The third kappa shape index (κ3) is 2.60. The highest BCUT2D eigenvalue weighted by Gasteiger charge is 2.13. The molecule has 1 aromatic carbocycles. The SMILES string of the molecule is CC(NCc1ccc2c(c1)OCCO2)c1nncn1C. The summed E-state index contributed by atoms with van der Waals surface area (Å²) in [5.74, 6) is 2.56. The Morgan fingerprint density at radius 2 is 2.10 bits per heavy atom. The molecule has 1 N–H and O–H groups in total. The molecule has 2 aromatic rings. The Labute approximate surface area is 117 Å². The van der Waals surface area contributed by atoms with Gasteiger partial charge in [-0.1, -0.05) is 6.07 Å². The van der Waals surface area contributed by atoms with Crippen molar-refractivity contribution < 1.29 is 9.47 Å². The molecule has 1 atom stereocenters. The molecule has 106 valence electrons. The fraction of sp³-hybridized carbons (Fsp3) is 0.429. The van der Waals surface area contributed by atoms with Gasteiger partial charge in [0.25, 0.3) is 0 Å². The van der Waals surface area contributed by atoms with Crippen LogP contribution in [0.1, 0.15) is 24.4 Å². The lowest BCUT2D eigenvalue weighted by molar-refractivity contribution is 0.171. The lowest BCUT2D eigenvalue weighted by atomic mass is 10.2. The average molecular weight is 274 g/mol. The molecule has 1 aliphatic heterocycles. The summed E-state index contributed by atoms with van der Waals surface area (Å²) in [5.41, 5.74) is 1.16. The third-order valence-corrected chi connectivity index (χ3v) is 3.35. The first kappa shape index (κ1) is 12.9. The molecule has 3 rings (SSSR count). The van der Waals surface area contributed by atoms with Crippen molar-refractivity contribution in [3.63, 3.8) is 0 Å². The molecule has 20 heavy (non-hydrogen) atoms. The molecule has 0 fully saturated rings. The number of nitrogens with one attached hydrogen (secondary N) is 1. The molecule has 1 unspecified atom stereocenters. The Morgan fingerprint density at radius 3 is 2.85 bits per heavy atom. The van der Waals surface area contributed by atoms with E-state index in [4.69, 9.17) is 9.47 Å². The van der Waals surface area contributed by atoms with E-state index in [0.29, 0.717) is 13.2 Å². The van der Waals surface area contributed by atoms with Gasteiger partial charge in [0, 0.05) is 13.6 Å². The first-order valence-corrected chi connectivity index (χ1v) is 6.70. The normalized spacial score (nSPS) is 15.1. The maximum Gasteiger partial charge on any atom is 0.161 e. The molecule has 0 aliphatic carbocycles. The second-order valence-corrected chi connectivity index (χ2v) is 4.88. The first-order valence-electron chi connectivity index (χ1n) is 6.70. The number of hydrogen-bond donors (Lipinski definition) is 1. The van der Waals surface area contributed by atoms with Gasteiger partial charge in [0.2, 0.25) is 0 Å². The molecule has 1 aromatic heterocycles. The molecule has 6 heteroatoms. The molecule has 0 saturated heterocycles. The summed E-state index contributed by atoms with van der Waals surface area (Å²) in [7, 11) is 1.94. The largest absolute Gasteiger partial charge is 0.486 e. The van der Waals surface area contributed by atoms with Gasteiger partial charge in [-0.05, 0) is 24.6 Å². The molecular formula is C14H18N4O2. The molecular weight excluding hydrogens is 256 g/mol. The van der Waals surface area contributed by atoms with Gasteiger partial charge in [-0.25, -0.2) is 0 Å². The van der Waals surface area contributed by atoms with Crippen molar-refractivity contribution in [2.24, 2.45) is 7.05 Å². The van der Waals surface area contributed by atoms with Gasteiger partial charge in [0.05, 0.1) is 6.04 Å². The van der Waals surface area contributed by atoms with Crippen molar-refractivity contribution in [3.05, 3.63) is 35.9 Å². The van der Waals surface area contributed by atoms with Crippen LogP contribution in [0.5, 0.6) is 11.5 Å². The second-order valence-electron chi connectivity index (χ2n) is 4.88. The van der Waals surface area contributed by atoms with Crippen molar-refractivity contribution in [1.29, 1.82) is 0 Å². The molecule has 0 bridgehead atoms. The zero-order valence-corrected chi connectivity index (χ0v) is 11.7. The first-order chi connectivity index (χ1) is 9.74. The van der Waals surface area contributed by atoms with E-state index in [1.165, 1.54) is 0 Å². The van der Waals surface area contributed by atoms with E-state index < -0.39 is 0 Å². The summed E-state index contributed by atoms with van der Waals surface area (Å²) >= 11 is 0. The second kappa shape index (κ2) is 5.50. The lowest BCUT2D eigenvalue weighted by Crippen LogP contribution is -2.21. The summed E-state index contributed by atoms with van der Waals surface area (Å²) in [5, 5.41) is 11.4. The third-order valence-electron chi connectivity index (χ3n) is 3.35. The number of ether oxygens (including phenoxy) is 2. The van der Waals surface area contributed by atoms with E-state index in [1.54, 1.807) is 6.33 Å². The van der Waals surface area contributed by atoms with Crippen LogP contribution in [0.3, 0.4) is 0 Å². The fourth-order valence-electron chi connectivity index (χ4n) is 2.24. The Hall–Kier alpha value is -2.08. The zero-order chi connectivity index (χ0) is 13.9. The maximum atomic E-state index is 5.58. The summed E-state index contributed by atoms with van der Waals surface area (Å²) in [6.07, 6.45) is 1.71. The van der Waals surface area contributed by atoms with Crippen LogP contribution in [-0.2, 0) is 13.6 Å². The topological polar surface area (TPSA) is 61.2 Å². The Balaban J connectivity index is 1.65. The van der Waals surface area contributed by atoms with Gasteiger partial charge in [-0.2, -0.15) is 0 Å². The number of hydrogen-bond acceptors (Lipinski definition) is 5. The van der Waals surface area contributed by atoms with E-state index >= 15 is 0 Å². The minimum atomic E-state index is 0.135. The van der Waals surface area contributed by atoms with Crippen LogP contribution in [0.4, 0.5) is 0 Å². The minimum absolute atomic E-state index is 0.135. The highest BCUT2D eigenvalue weighted by Crippen LogP contribution is 2.30. The van der Waals surface area contributed by atoms with Crippen molar-refractivity contribution in [2.45, 2.75) is 19.5 Å². The molecule has 0 radical (unpaired) electrons. The van der Waals surface area contributed by atoms with Crippen LogP contribution in [0.2, 0.25) is 0 Å². The Kier molecular flexibility index (Phi) is 3.56. The summed E-state index contributed by atoms with van der Waals surface area (Å²) in [6, 6.07) is 6.16. The Morgan fingerprint density at radius 1 is 1.30 bits per heavy atom. The average Bonchev–Trinajstić information content (AvgIpc) is 2.91. The van der Waals surface area contributed by atoms with Crippen LogP contribution in [-0.4, -0.2) is 28.0 Å². The lowest BCUT2D eigenvalue weighted by Gasteiger charge is -2.19. The predicted molar refractivity (Wildman–Crippen MR) is 73.7 cm³/mol. The van der Waals surface area contributed by atoms with Crippen molar-refractivity contribution in [3.8, 4) is 11.5 Å². The van der Waals surface area contributed by atoms with Gasteiger partial charge in [-0.15, -0.1) is 10.2 Å². The number of aryl methyl sites for hydroxylation is 1. The van der Waals surface area contributed by atoms with Gasteiger partial charge in [0.1, 0.15) is 25.4 Å². The Bertz CT molecular complexity index is 597. The van der Waals surface area contributed by atoms with Crippen molar-refractivity contribution >= 4 is 0 Å². The maximum absolute atomic E-state index is 5.58. The van der Waals surface area contributed by atoms with Gasteiger partial charge in [-0.3, -0.25) is 0 Å². The summed E-state index contributed by atoms with van der Waals surface area (Å²) in [6.45, 7) is 4.04. The quantitative estimate of drug-likeness (QED) is 0.914. The number of aromatic nitrogens is 3. The van der Waals surface area contributed by atoms with Crippen molar-refractivity contribution in [1.82, 2.24) is 20.1 Å². The molecule has 6 nitrogen and oxygen atoms in total. The number of benzene rings is 1. The fourth-order valence-corrected chi connectivity index (χ4v) is 2.24. The van der Waals surface area contributed by atoms with Gasteiger partial charge in [0.15, 0.2) is 11.5 Å². The van der Waals surface area contributed by atoms with Crippen LogP contribution in [0, 0.1) is 0 Å². The minimum Gasteiger partial charge on any atom is -0.486 e. The summed E-state index contributed by atoms with van der Waals surface area (Å²) < 4.78 is 13.0. The predicted octanol–water partition coefficient (Wildman–Crippen LogP) is 1.44. The standard InChI is InChI=1S/C14H18N4O2/c1-10(14-17-16-9-18(14)2)15-8-11-3-4-12-13(7-11)20-6-5-19-12/h3-4,7,9-10,15H,5-6,8H2,1-2H3. The van der Waals surface area contributed by atoms with Gasteiger partial charge < -0.3 is 19.4 Å². The van der Waals surface area contributed by atoms with E-state index in [0.717, 1.165) is 29.4 Å². The van der Waals surface area contributed by atoms with E-state index in [1.807, 2.05) is 29.8 Å².